The van der Waals surface area contributed by atoms with Crippen LogP contribution in [-0.2, 0) is 19.5 Å². The van der Waals surface area contributed by atoms with Gasteiger partial charge in [-0.25, -0.2) is 9.37 Å². The number of aliphatic imine (C=N–C) groups is 1. The smallest absolute Gasteiger partial charge is 0.193 e. The molecule has 0 aliphatic carbocycles. The third-order valence-corrected chi connectivity index (χ3v) is 4.60. The van der Waals surface area contributed by atoms with Crippen molar-refractivity contribution in [1.29, 1.82) is 0 Å². The second-order valence-electron chi connectivity index (χ2n) is 6.93. The number of hydrogen-bond donors (Lipinski definition) is 1. The van der Waals surface area contributed by atoms with Crippen LogP contribution in [0, 0.1) is 5.82 Å². The van der Waals surface area contributed by atoms with Crippen LogP contribution in [0.15, 0.2) is 72.0 Å². The topological polar surface area (TPSA) is 45.5 Å². The van der Waals surface area contributed by atoms with Gasteiger partial charge in [0, 0.05) is 52.0 Å². The minimum absolute atomic E-state index is 0.219. The fourth-order valence-corrected chi connectivity index (χ4v) is 3.21. The van der Waals surface area contributed by atoms with Crippen LogP contribution >= 0.6 is 0 Å². The lowest BCUT2D eigenvalue weighted by molar-refractivity contribution is 0.474. The molecule has 6 heteroatoms. The Balaban J connectivity index is 1.61. The summed E-state index contributed by atoms with van der Waals surface area (Å²) < 4.78 is 15.6. The normalized spacial score (nSPS) is 11.5. The summed E-state index contributed by atoms with van der Waals surface area (Å²) in [6.07, 6.45) is 4.60. The van der Waals surface area contributed by atoms with Crippen LogP contribution in [0.1, 0.15) is 23.9 Å². The number of nitrogens with zero attached hydrogens (tertiary/aromatic N) is 4. The molecule has 0 atom stereocenters. The largest absolute Gasteiger partial charge is 0.357 e. The molecule has 0 spiro atoms. The average Bonchev–Trinajstić information content (AvgIpc) is 3.15. The average molecular weight is 394 g/mol. The number of imidazole rings is 1. The summed E-state index contributed by atoms with van der Waals surface area (Å²) in [5.74, 6) is 1.60. The molecule has 1 aromatic heterocycles. The van der Waals surface area contributed by atoms with Crippen LogP contribution in [0.5, 0.6) is 0 Å². The quantitative estimate of drug-likeness (QED) is 0.469. The Bertz CT molecular complexity index is 920. The van der Waals surface area contributed by atoms with Gasteiger partial charge in [-0.3, -0.25) is 4.99 Å². The third kappa shape index (κ3) is 6.17. The minimum Gasteiger partial charge on any atom is -0.357 e. The highest BCUT2D eigenvalue weighted by molar-refractivity contribution is 5.79. The Morgan fingerprint density at radius 3 is 2.69 bits per heavy atom. The van der Waals surface area contributed by atoms with E-state index in [1.165, 1.54) is 11.6 Å². The van der Waals surface area contributed by atoms with Gasteiger partial charge in [-0.2, -0.15) is 0 Å². The predicted octanol–water partition coefficient (Wildman–Crippen LogP) is 3.71. The van der Waals surface area contributed by atoms with Crippen LogP contribution in [0.3, 0.4) is 0 Å². The number of nitrogens with one attached hydrogen (secondary N) is 1. The van der Waals surface area contributed by atoms with E-state index in [1.807, 2.05) is 55.5 Å². The van der Waals surface area contributed by atoms with Gasteiger partial charge in [-0.1, -0.05) is 42.5 Å². The molecule has 3 rings (SSSR count). The van der Waals surface area contributed by atoms with Crippen LogP contribution in [-0.4, -0.2) is 40.5 Å². The molecule has 0 unspecified atom stereocenters. The lowest BCUT2D eigenvalue weighted by Gasteiger charge is -2.22. The van der Waals surface area contributed by atoms with Crippen molar-refractivity contribution < 1.29 is 4.39 Å². The summed E-state index contributed by atoms with van der Waals surface area (Å²) >= 11 is 0. The Morgan fingerprint density at radius 1 is 1.14 bits per heavy atom. The number of aromatic nitrogens is 2. The Hall–Kier alpha value is -3.15. The van der Waals surface area contributed by atoms with Crippen molar-refractivity contribution in [3.05, 3.63) is 89.8 Å². The van der Waals surface area contributed by atoms with E-state index in [2.05, 4.69) is 27.0 Å². The molecule has 1 heterocycles. The Morgan fingerprint density at radius 2 is 1.93 bits per heavy atom. The summed E-state index contributed by atoms with van der Waals surface area (Å²) in [6, 6.07) is 17.0. The monoisotopic (exact) mass is 393 g/mol. The molecule has 0 bridgehead atoms. The molecular weight excluding hydrogens is 365 g/mol. The molecule has 5 nitrogen and oxygen atoms in total. The van der Waals surface area contributed by atoms with E-state index in [4.69, 9.17) is 4.99 Å². The van der Waals surface area contributed by atoms with Gasteiger partial charge in [0.2, 0.25) is 0 Å². The molecule has 0 radical (unpaired) electrons. The van der Waals surface area contributed by atoms with Gasteiger partial charge in [0.1, 0.15) is 11.6 Å². The van der Waals surface area contributed by atoms with Crippen molar-refractivity contribution in [2.24, 2.45) is 4.99 Å². The predicted molar refractivity (Wildman–Crippen MR) is 115 cm³/mol. The fraction of sp³-hybridized carbons (Fsp3) is 0.304. The third-order valence-electron chi connectivity index (χ3n) is 4.60. The summed E-state index contributed by atoms with van der Waals surface area (Å²) in [7, 11) is 1.96. The first-order chi connectivity index (χ1) is 14.2. The molecule has 0 aliphatic heterocycles. The van der Waals surface area contributed by atoms with E-state index < -0.39 is 0 Å². The van der Waals surface area contributed by atoms with Gasteiger partial charge >= 0.3 is 0 Å². The molecule has 0 saturated carbocycles. The number of guanidine groups is 1. The second kappa shape index (κ2) is 10.4. The molecule has 152 valence electrons. The van der Waals surface area contributed by atoms with Crippen molar-refractivity contribution in [1.82, 2.24) is 19.8 Å². The van der Waals surface area contributed by atoms with Gasteiger partial charge in [-0.15, -0.1) is 0 Å². The van der Waals surface area contributed by atoms with Crippen LogP contribution in [0.2, 0.25) is 0 Å². The molecule has 2 aromatic carbocycles. The maximum Gasteiger partial charge on any atom is 0.193 e. The van der Waals surface area contributed by atoms with Crippen molar-refractivity contribution in [3.8, 4) is 0 Å². The maximum absolute atomic E-state index is 13.4. The van der Waals surface area contributed by atoms with Crippen LogP contribution in [0.4, 0.5) is 4.39 Å². The van der Waals surface area contributed by atoms with E-state index in [1.54, 1.807) is 12.1 Å². The summed E-state index contributed by atoms with van der Waals surface area (Å²) in [6.45, 7) is 4.83. The molecule has 0 fully saturated rings. The molecule has 29 heavy (non-hydrogen) atoms. The van der Waals surface area contributed by atoms with Crippen molar-refractivity contribution in [2.45, 2.75) is 26.4 Å². The van der Waals surface area contributed by atoms with Gasteiger partial charge in [-0.05, 0) is 30.2 Å². The lowest BCUT2D eigenvalue weighted by atomic mass is 10.2. The highest BCUT2D eigenvalue weighted by Gasteiger charge is 2.08. The summed E-state index contributed by atoms with van der Waals surface area (Å²) in [5.41, 5.74) is 2.16. The molecule has 0 amide bonds. The van der Waals surface area contributed by atoms with Crippen molar-refractivity contribution >= 4 is 5.96 Å². The zero-order chi connectivity index (χ0) is 20.5. The molecule has 3 aromatic rings. The van der Waals surface area contributed by atoms with Crippen molar-refractivity contribution in [3.63, 3.8) is 0 Å². The van der Waals surface area contributed by atoms with Crippen LogP contribution in [0.25, 0.3) is 0 Å². The van der Waals surface area contributed by atoms with Gasteiger partial charge in [0.25, 0.3) is 0 Å². The van der Waals surface area contributed by atoms with E-state index >= 15 is 0 Å². The molecule has 1 N–H and O–H groups in total. The Kier molecular flexibility index (Phi) is 7.39. The highest BCUT2D eigenvalue weighted by atomic mass is 19.1. The minimum atomic E-state index is -0.219. The second-order valence-corrected chi connectivity index (χ2v) is 6.93. The van der Waals surface area contributed by atoms with Gasteiger partial charge in [0.15, 0.2) is 5.96 Å². The van der Waals surface area contributed by atoms with E-state index in [-0.39, 0.29) is 5.82 Å². The van der Waals surface area contributed by atoms with Gasteiger partial charge < -0.3 is 14.8 Å². The van der Waals surface area contributed by atoms with E-state index in [0.29, 0.717) is 13.1 Å². The number of halogens is 1. The zero-order valence-corrected chi connectivity index (χ0v) is 17.1. The molecular formula is C23H28FN5. The highest BCUT2D eigenvalue weighted by Crippen LogP contribution is 2.08. The first-order valence-electron chi connectivity index (χ1n) is 9.93. The fourth-order valence-electron chi connectivity index (χ4n) is 3.21. The SMILES string of the molecule is CCNC(=NCCc1nccn1Cc1ccccc1)N(C)Cc1cccc(F)c1. The first kappa shape index (κ1) is 20.6. The molecule has 0 aliphatic rings. The summed E-state index contributed by atoms with van der Waals surface area (Å²) in [5, 5.41) is 3.31. The standard InChI is InChI=1S/C23H28FN5/c1-3-25-23(28(2)17-20-10-7-11-21(24)16-20)27-13-12-22-26-14-15-29(22)18-19-8-5-4-6-9-19/h4-11,14-16H,3,12-13,17-18H2,1-2H3,(H,25,27). The summed E-state index contributed by atoms with van der Waals surface area (Å²) in [4.78, 5) is 11.2. The lowest BCUT2D eigenvalue weighted by Crippen LogP contribution is -2.38. The van der Waals surface area contributed by atoms with Crippen LogP contribution < -0.4 is 5.32 Å². The van der Waals surface area contributed by atoms with E-state index in [9.17, 15) is 4.39 Å². The van der Waals surface area contributed by atoms with Crippen molar-refractivity contribution in [2.75, 3.05) is 20.1 Å². The Labute approximate surface area is 171 Å². The first-order valence-corrected chi connectivity index (χ1v) is 9.93. The number of benzene rings is 2. The van der Waals surface area contributed by atoms with E-state index in [0.717, 1.165) is 36.9 Å². The van der Waals surface area contributed by atoms with Gasteiger partial charge in [0.05, 0.1) is 0 Å². The molecule has 0 saturated heterocycles. The number of hydrogen-bond acceptors (Lipinski definition) is 2. The number of rotatable bonds is 8. The zero-order valence-electron chi connectivity index (χ0n) is 17.1. The maximum atomic E-state index is 13.4.